The largest absolute Gasteiger partial charge is 0.480 e. The smallest absolute Gasteiger partial charge is 0.410 e. The van der Waals surface area contributed by atoms with Gasteiger partial charge in [0.15, 0.2) is 5.82 Å². The number of benzene rings is 1. The van der Waals surface area contributed by atoms with Gasteiger partial charge in [-0.2, -0.15) is 0 Å². The van der Waals surface area contributed by atoms with E-state index in [4.69, 9.17) is 9.47 Å². The first-order valence-corrected chi connectivity index (χ1v) is 7.25. The standard InChI is InChI=1S/C15H19FN2O5/c1-15(2,3)23-14(19)17-8-7-10(9-17)22-13-11(16)5-4-6-12(13)18(20)21/h4-6,10H,7-9H2,1-3H3. The highest BCUT2D eigenvalue weighted by Crippen LogP contribution is 2.32. The summed E-state index contributed by atoms with van der Waals surface area (Å²) in [4.78, 5) is 23.7. The van der Waals surface area contributed by atoms with E-state index in [2.05, 4.69) is 0 Å². The molecular weight excluding hydrogens is 307 g/mol. The number of nitrogens with zero attached hydrogens (tertiary/aromatic N) is 2. The minimum atomic E-state index is -0.796. The number of likely N-dealkylation sites (tertiary alicyclic amines) is 1. The van der Waals surface area contributed by atoms with Crippen molar-refractivity contribution in [1.82, 2.24) is 4.90 Å². The molecule has 0 bridgehead atoms. The average Bonchev–Trinajstić information content (AvgIpc) is 2.87. The van der Waals surface area contributed by atoms with Crippen LogP contribution < -0.4 is 4.74 Å². The van der Waals surface area contributed by atoms with Gasteiger partial charge in [0.25, 0.3) is 0 Å². The predicted octanol–water partition coefficient (Wildman–Crippen LogP) is 3.12. The van der Waals surface area contributed by atoms with Crippen LogP contribution in [0.2, 0.25) is 0 Å². The number of carbonyl (C=O) groups excluding carboxylic acids is 1. The number of halogens is 1. The van der Waals surface area contributed by atoms with Crippen molar-refractivity contribution in [3.8, 4) is 5.75 Å². The van der Waals surface area contributed by atoms with E-state index in [1.54, 1.807) is 20.8 Å². The van der Waals surface area contributed by atoms with E-state index in [0.717, 1.165) is 6.07 Å². The van der Waals surface area contributed by atoms with Gasteiger partial charge in [-0.25, -0.2) is 9.18 Å². The third kappa shape index (κ3) is 4.30. The van der Waals surface area contributed by atoms with Gasteiger partial charge in [-0.1, -0.05) is 6.07 Å². The van der Waals surface area contributed by atoms with Crippen LogP contribution in [-0.2, 0) is 4.74 Å². The van der Waals surface area contributed by atoms with E-state index in [-0.39, 0.29) is 6.54 Å². The number of carbonyl (C=O) groups is 1. The molecule has 1 saturated heterocycles. The SMILES string of the molecule is CC(C)(C)OC(=O)N1CCC(Oc2c(F)cccc2[N+](=O)[O-])C1. The number of rotatable bonds is 3. The van der Waals surface area contributed by atoms with Gasteiger partial charge in [-0.3, -0.25) is 10.1 Å². The van der Waals surface area contributed by atoms with E-state index in [0.29, 0.717) is 13.0 Å². The Morgan fingerprint density at radius 2 is 2.13 bits per heavy atom. The lowest BCUT2D eigenvalue weighted by atomic mass is 10.2. The summed E-state index contributed by atoms with van der Waals surface area (Å²) in [6, 6.07) is 3.53. The molecule has 1 heterocycles. The Hall–Kier alpha value is -2.38. The first kappa shape index (κ1) is 17.0. The second-order valence-electron chi connectivity index (χ2n) is 6.30. The van der Waals surface area contributed by atoms with Gasteiger partial charge in [0.2, 0.25) is 5.75 Å². The molecule has 8 heteroatoms. The summed E-state index contributed by atoms with van der Waals surface area (Å²) in [5, 5.41) is 11.0. The maximum absolute atomic E-state index is 13.8. The van der Waals surface area contributed by atoms with E-state index in [9.17, 15) is 19.3 Å². The molecule has 1 fully saturated rings. The lowest BCUT2D eigenvalue weighted by molar-refractivity contribution is -0.386. The molecule has 0 N–H and O–H groups in total. The molecule has 2 rings (SSSR count). The fourth-order valence-corrected chi connectivity index (χ4v) is 2.24. The van der Waals surface area contributed by atoms with E-state index < -0.39 is 40.0 Å². The summed E-state index contributed by atoms with van der Waals surface area (Å²) in [5.74, 6) is -1.19. The van der Waals surface area contributed by atoms with Gasteiger partial charge in [0, 0.05) is 19.0 Å². The van der Waals surface area contributed by atoms with Crippen molar-refractivity contribution < 1.29 is 23.6 Å². The summed E-state index contributed by atoms with van der Waals surface area (Å²) in [7, 11) is 0. The van der Waals surface area contributed by atoms with E-state index >= 15 is 0 Å². The highest BCUT2D eigenvalue weighted by atomic mass is 19.1. The Kier molecular flexibility index (Phi) is 4.72. The zero-order valence-corrected chi connectivity index (χ0v) is 13.2. The Balaban J connectivity index is 2.04. The van der Waals surface area contributed by atoms with E-state index in [1.165, 1.54) is 17.0 Å². The van der Waals surface area contributed by atoms with Crippen molar-refractivity contribution in [3.05, 3.63) is 34.1 Å². The second-order valence-corrected chi connectivity index (χ2v) is 6.30. The monoisotopic (exact) mass is 326 g/mol. The minimum Gasteiger partial charge on any atom is -0.480 e. The van der Waals surface area contributed by atoms with Crippen LogP contribution in [-0.4, -0.2) is 40.7 Å². The Morgan fingerprint density at radius 1 is 1.43 bits per heavy atom. The fourth-order valence-electron chi connectivity index (χ4n) is 2.24. The summed E-state index contributed by atoms with van der Waals surface area (Å²) in [6.45, 7) is 5.87. The van der Waals surface area contributed by atoms with Gasteiger partial charge >= 0.3 is 11.8 Å². The Morgan fingerprint density at radius 3 is 2.74 bits per heavy atom. The number of nitro benzene ring substituents is 1. The third-order valence-electron chi connectivity index (χ3n) is 3.22. The molecule has 1 aromatic carbocycles. The molecule has 0 spiro atoms. The summed E-state index contributed by atoms with van der Waals surface area (Å²) in [6.07, 6.45) is -0.546. The van der Waals surface area contributed by atoms with Gasteiger partial charge in [0.05, 0.1) is 11.5 Å². The van der Waals surface area contributed by atoms with Crippen LogP contribution >= 0.6 is 0 Å². The Labute approximate surface area is 133 Å². The highest BCUT2D eigenvalue weighted by Gasteiger charge is 2.33. The zero-order chi connectivity index (χ0) is 17.2. The third-order valence-corrected chi connectivity index (χ3v) is 3.22. The first-order chi connectivity index (χ1) is 10.7. The van der Waals surface area contributed by atoms with Crippen molar-refractivity contribution >= 4 is 11.8 Å². The van der Waals surface area contributed by atoms with Crippen LogP contribution in [0.25, 0.3) is 0 Å². The number of hydrogen-bond acceptors (Lipinski definition) is 5. The van der Waals surface area contributed by atoms with Gasteiger partial charge < -0.3 is 14.4 Å². The molecule has 0 aliphatic carbocycles. The first-order valence-electron chi connectivity index (χ1n) is 7.25. The molecule has 126 valence electrons. The lowest BCUT2D eigenvalue weighted by Gasteiger charge is -2.24. The van der Waals surface area contributed by atoms with Crippen molar-refractivity contribution in [2.45, 2.75) is 38.9 Å². The van der Waals surface area contributed by atoms with Crippen molar-refractivity contribution in [2.75, 3.05) is 13.1 Å². The number of hydrogen-bond donors (Lipinski definition) is 0. The van der Waals surface area contributed by atoms with Crippen LogP contribution in [0.15, 0.2) is 18.2 Å². The van der Waals surface area contributed by atoms with Crippen molar-refractivity contribution in [2.24, 2.45) is 0 Å². The number of ether oxygens (including phenoxy) is 2. The molecule has 1 atom stereocenters. The summed E-state index contributed by atoms with van der Waals surface area (Å²) < 4.78 is 24.5. The van der Waals surface area contributed by atoms with Crippen molar-refractivity contribution in [1.29, 1.82) is 0 Å². The van der Waals surface area contributed by atoms with Crippen molar-refractivity contribution in [3.63, 3.8) is 0 Å². The molecule has 1 aliphatic heterocycles. The average molecular weight is 326 g/mol. The number of amides is 1. The fraction of sp³-hybridized carbons (Fsp3) is 0.533. The molecule has 1 unspecified atom stereocenters. The molecule has 1 aromatic rings. The molecule has 23 heavy (non-hydrogen) atoms. The van der Waals surface area contributed by atoms with Gasteiger partial charge in [-0.05, 0) is 26.8 Å². The van der Waals surface area contributed by atoms with Crippen LogP contribution in [0.3, 0.4) is 0 Å². The molecule has 0 radical (unpaired) electrons. The highest BCUT2D eigenvalue weighted by molar-refractivity contribution is 5.68. The normalized spacial score (nSPS) is 17.9. The predicted molar refractivity (Wildman–Crippen MR) is 79.9 cm³/mol. The quantitative estimate of drug-likeness (QED) is 0.629. The molecule has 0 aromatic heterocycles. The number of nitro groups is 1. The van der Waals surface area contributed by atoms with Crippen LogP contribution in [0.1, 0.15) is 27.2 Å². The summed E-state index contributed by atoms with van der Waals surface area (Å²) in [5.41, 5.74) is -1.04. The molecule has 1 amide bonds. The zero-order valence-electron chi connectivity index (χ0n) is 13.2. The maximum atomic E-state index is 13.8. The van der Waals surface area contributed by atoms with Gasteiger partial charge in [-0.15, -0.1) is 0 Å². The second kappa shape index (κ2) is 6.39. The van der Waals surface area contributed by atoms with E-state index in [1.807, 2.05) is 0 Å². The Bertz CT molecular complexity index is 614. The minimum absolute atomic E-state index is 0.195. The van der Waals surface area contributed by atoms with Crippen LogP contribution in [0.5, 0.6) is 5.75 Å². The lowest BCUT2D eigenvalue weighted by Crippen LogP contribution is -2.36. The summed E-state index contributed by atoms with van der Waals surface area (Å²) >= 11 is 0. The molecule has 1 aliphatic rings. The molecule has 7 nitrogen and oxygen atoms in total. The maximum Gasteiger partial charge on any atom is 0.410 e. The van der Waals surface area contributed by atoms with Crippen LogP contribution in [0.4, 0.5) is 14.9 Å². The topological polar surface area (TPSA) is 81.9 Å². The van der Waals surface area contributed by atoms with Gasteiger partial charge in [0.1, 0.15) is 11.7 Å². The molecule has 0 saturated carbocycles. The number of para-hydroxylation sites is 1. The molecular formula is C15H19FN2O5. The van der Waals surface area contributed by atoms with Crippen LogP contribution in [0, 0.1) is 15.9 Å².